The zero-order valence-corrected chi connectivity index (χ0v) is 19.4. The number of aryl methyl sites for hydroxylation is 2. The van der Waals surface area contributed by atoms with Crippen LogP contribution < -0.4 is 5.32 Å². The number of nitrogens with one attached hydrogen (secondary N) is 1. The molecule has 1 amide bonds. The number of anilines is 1. The van der Waals surface area contributed by atoms with E-state index in [1.54, 1.807) is 17.5 Å². The maximum absolute atomic E-state index is 12.9. The predicted octanol–water partition coefficient (Wildman–Crippen LogP) is 4.54. The van der Waals surface area contributed by atoms with Crippen LogP contribution in [-0.4, -0.2) is 36.2 Å². The van der Waals surface area contributed by atoms with E-state index in [1.807, 2.05) is 5.38 Å². The van der Waals surface area contributed by atoms with Gasteiger partial charge in [0, 0.05) is 17.5 Å². The Morgan fingerprint density at radius 2 is 1.94 bits per heavy atom. The quantitative estimate of drug-likeness (QED) is 0.590. The molecule has 0 radical (unpaired) electrons. The Balaban J connectivity index is 1.32. The van der Waals surface area contributed by atoms with E-state index in [-0.39, 0.29) is 10.1 Å². The summed E-state index contributed by atoms with van der Waals surface area (Å²) < 4.78 is 27.4. The summed E-state index contributed by atoms with van der Waals surface area (Å²) in [7, 11) is -3.65. The molecule has 1 aliphatic carbocycles. The van der Waals surface area contributed by atoms with Gasteiger partial charge in [0.15, 0.2) is 5.13 Å². The van der Waals surface area contributed by atoms with Crippen LogP contribution in [0.2, 0.25) is 0 Å². The molecule has 1 unspecified atom stereocenters. The number of carbonyl (C=O) groups excluding carboxylic acids is 1. The number of sulfonamides is 1. The van der Waals surface area contributed by atoms with Gasteiger partial charge in [-0.15, -0.1) is 22.7 Å². The summed E-state index contributed by atoms with van der Waals surface area (Å²) in [4.78, 5) is 17.5. The van der Waals surface area contributed by atoms with E-state index in [4.69, 9.17) is 0 Å². The van der Waals surface area contributed by atoms with Gasteiger partial charge >= 0.3 is 0 Å². The first-order valence-corrected chi connectivity index (χ1v) is 13.7. The maximum atomic E-state index is 12.9. The van der Waals surface area contributed by atoms with E-state index in [0.717, 1.165) is 24.1 Å². The van der Waals surface area contributed by atoms with E-state index in [0.29, 0.717) is 24.5 Å². The fourth-order valence-corrected chi connectivity index (χ4v) is 7.86. The number of hydrogen-bond acceptors (Lipinski definition) is 6. The molecule has 1 fully saturated rings. The summed E-state index contributed by atoms with van der Waals surface area (Å²) in [6.07, 6.45) is 5.90. The van der Waals surface area contributed by atoms with Crippen molar-refractivity contribution in [3.63, 3.8) is 0 Å². The van der Waals surface area contributed by atoms with Crippen LogP contribution in [0.25, 0.3) is 11.3 Å². The molecule has 5 rings (SSSR count). The highest BCUT2D eigenvalue weighted by atomic mass is 32.2. The highest BCUT2D eigenvalue weighted by molar-refractivity contribution is 7.91. The largest absolute Gasteiger partial charge is 0.301 e. The second-order valence-corrected chi connectivity index (χ2v) is 11.8. The number of benzene rings is 1. The minimum Gasteiger partial charge on any atom is -0.301 e. The molecule has 162 valence electrons. The molecule has 2 aromatic heterocycles. The molecule has 0 spiro atoms. The predicted molar refractivity (Wildman–Crippen MR) is 124 cm³/mol. The average Bonchev–Trinajstić information content (AvgIpc) is 3.55. The molecule has 6 nitrogen and oxygen atoms in total. The maximum Gasteiger partial charge on any atom is 0.253 e. The van der Waals surface area contributed by atoms with Crippen molar-refractivity contribution in [2.45, 2.75) is 48.8 Å². The first-order valence-electron chi connectivity index (χ1n) is 10.5. The Kier molecular flexibility index (Phi) is 5.68. The van der Waals surface area contributed by atoms with Crippen molar-refractivity contribution in [3.05, 3.63) is 52.2 Å². The summed E-state index contributed by atoms with van der Waals surface area (Å²) in [6, 6.07) is 9.08. The van der Waals surface area contributed by atoms with Gasteiger partial charge in [-0.1, -0.05) is 18.2 Å². The zero-order chi connectivity index (χ0) is 21.4. The number of carbonyl (C=O) groups is 1. The van der Waals surface area contributed by atoms with Gasteiger partial charge in [-0.2, -0.15) is 4.31 Å². The molecular formula is C22H23N3O3S3. The number of aromatic nitrogens is 1. The average molecular weight is 474 g/mol. The number of thiophene rings is 1. The van der Waals surface area contributed by atoms with E-state index >= 15 is 0 Å². The number of thiazole rings is 1. The van der Waals surface area contributed by atoms with Gasteiger partial charge in [-0.3, -0.25) is 4.79 Å². The molecule has 3 aromatic rings. The summed E-state index contributed by atoms with van der Waals surface area (Å²) in [5.41, 5.74) is 4.71. The molecular weight excluding hydrogens is 450 g/mol. The molecule has 0 saturated carbocycles. The lowest BCUT2D eigenvalue weighted by atomic mass is 9.90. The van der Waals surface area contributed by atoms with Crippen LogP contribution in [0.5, 0.6) is 0 Å². The first-order chi connectivity index (χ1) is 15.0. The van der Waals surface area contributed by atoms with Crippen molar-refractivity contribution < 1.29 is 13.2 Å². The first kappa shape index (κ1) is 20.8. The monoisotopic (exact) mass is 473 g/mol. The van der Waals surface area contributed by atoms with Crippen LogP contribution in [-0.2, 0) is 27.7 Å². The van der Waals surface area contributed by atoms with Crippen molar-refractivity contribution in [1.82, 2.24) is 9.29 Å². The Morgan fingerprint density at radius 3 is 2.74 bits per heavy atom. The summed E-state index contributed by atoms with van der Waals surface area (Å²) in [5.74, 6) is -0.316. The van der Waals surface area contributed by atoms with E-state index < -0.39 is 16.1 Å². The fourth-order valence-electron chi connectivity index (χ4n) is 4.36. The lowest BCUT2D eigenvalue weighted by Crippen LogP contribution is -2.42. The van der Waals surface area contributed by atoms with Crippen LogP contribution in [0.1, 0.15) is 36.8 Å². The van der Waals surface area contributed by atoms with Gasteiger partial charge in [0.05, 0.1) is 5.69 Å². The van der Waals surface area contributed by atoms with Gasteiger partial charge in [0.1, 0.15) is 10.3 Å². The van der Waals surface area contributed by atoms with E-state index in [2.05, 4.69) is 28.5 Å². The Hall–Kier alpha value is -2.07. The lowest BCUT2D eigenvalue weighted by molar-refractivity contribution is -0.119. The Morgan fingerprint density at radius 1 is 1.10 bits per heavy atom. The molecule has 0 bridgehead atoms. The minimum absolute atomic E-state index is 0.274. The molecule has 9 heteroatoms. The molecule has 3 heterocycles. The molecule has 2 aliphatic rings. The second kappa shape index (κ2) is 8.46. The van der Waals surface area contributed by atoms with E-state index in [1.165, 1.54) is 50.9 Å². The second-order valence-electron chi connectivity index (χ2n) is 7.92. The van der Waals surface area contributed by atoms with Crippen LogP contribution in [0, 0.1) is 0 Å². The molecule has 1 aliphatic heterocycles. The third kappa shape index (κ3) is 4.07. The van der Waals surface area contributed by atoms with Crippen molar-refractivity contribution in [3.8, 4) is 11.3 Å². The lowest BCUT2D eigenvalue weighted by Gasteiger charge is -2.22. The summed E-state index contributed by atoms with van der Waals surface area (Å²) >= 11 is 2.54. The molecule has 1 saturated heterocycles. The zero-order valence-electron chi connectivity index (χ0n) is 16.9. The fraction of sp³-hybridized carbons (Fsp3) is 0.364. The van der Waals surface area contributed by atoms with Gasteiger partial charge in [-0.05, 0) is 67.2 Å². The van der Waals surface area contributed by atoms with Crippen LogP contribution in [0.4, 0.5) is 5.13 Å². The number of nitrogens with zero attached hydrogens (tertiary/aromatic N) is 2. The Bertz CT molecular complexity index is 1200. The van der Waals surface area contributed by atoms with Crippen molar-refractivity contribution >= 4 is 43.7 Å². The van der Waals surface area contributed by atoms with Crippen molar-refractivity contribution in [1.29, 1.82) is 0 Å². The summed E-state index contributed by atoms with van der Waals surface area (Å²) in [5, 5.41) is 7.02. The van der Waals surface area contributed by atoms with Crippen molar-refractivity contribution in [2.24, 2.45) is 0 Å². The molecule has 31 heavy (non-hydrogen) atoms. The normalized spacial score (nSPS) is 19.3. The standard InChI is InChI=1S/C22H23N3O3S3/c26-21(19-7-3-11-25(19)31(27,28)20-8-4-12-29-20)24-22-23-18(14-30-22)17-10-9-15-5-1-2-6-16(15)13-17/h4,8-10,12-14,19H,1-3,5-7,11H2,(H,23,24,26). The van der Waals surface area contributed by atoms with Gasteiger partial charge < -0.3 is 5.32 Å². The molecule has 1 aromatic carbocycles. The Labute approximate surface area is 190 Å². The highest BCUT2D eigenvalue weighted by Gasteiger charge is 2.40. The highest BCUT2D eigenvalue weighted by Crippen LogP contribution is 2.32. The summed E-state index contributed by atoms with van der Waals surface area (Å²) in [6.45, 7) is 0.358. The van der Waals surface area contributed by atoms with Gasteiger partial charge in [0.25, 0.3) is 10.0 Å². The third-order valence-electron chi connectivity index (χ3n) is 5.94. The van der Waals surface area contributed by atoms with Crippen LogP contribution >= 0.6 is 22.7 Å². The van der Waals surface area contributed by atoms with Gasteiger partial charge in [-0.25, -0.2) is 13.4 Å². The molecule has 1 atom stereocenters. The smallest absolute Gasteiger partial charge is 0.253 e. The van der Waals surface area contributed by atoms with Crippen molar-refractivity contribution in [2.75, 3.05) is 11.9 Å². The minimum atomic E-state index is -3.65. The number of amides is 1. The van der Waals surface area contributed by atoms with Crippen LogP contribution in [0.15, 0.2) is 45.3 Å². The number of fused-ring (bicyclic) bond motifs is 1. The molecule has 1 N–H and O–H groups in total. The van der Waals surface area contributed by atoms with Gasteiger partial charge in [0.2, 0.25) is 5.91 Å². The topological polar surface area (TPSA) is 79.4 Å². The van der Waals surface area contributed by atoms with E-state index in [9.17, 15) is 13.2 Å². The van der Waals surface area contributed by atoms with Crippen LogP contribution in [0.3, 0.4) is 0 Å². The number of hydrogen-bond donors (Lipinski definition) is 1. The number of rotatable bonds is 5. The SMILES string of the molecule is O=C(Nc1nc(-c2ccc3c(c2)CCCC3)cs1)C1CCCN1S(=O)(=O)c1cccs1. The third-order valence-corrected chi connectivity index (χ3v) is 9.98.